The lowest BCUT2D eigenvalue weighted by atomic mass is 10.2. The fourth-order valence-corrected chi connectivity index (χ4v) is 3.25. The first-order valence-corrected chi connectivity index (χ1v) is 10.0. The third kappa shape index (κ3) is 6.10. The highest BCUT2D eigenvalue weighted by Crippen LogP contribution is 2.32. The Morgan fingerprint density at radius 1 is 1.06 bits per heavy atom. The van der Waals surface area contributed by atoms with E-state index in [1.54, 1.807) is 30.8 Å². The second-order valence-electron chi connectivity index (χ2n) is 7.39. The molecule has 0 unspecified atom stereocenters. The molecule has 0 aliphatic rings. The van der Waals surface area contributed by atoms with Crippen LogP contribution in [0.4, 0.5) is 8.78 Å². The average molecular weight is 431 g/mol. The van der Waals surface area contributed by atoms with Crippen LogP contribution in [0.5, 0.6) is 11.6 Å². The minimum atomic E-state index is -0.522. The van der Waals surface area contributed by atoms with Gasteiger partial charge in [0.2, 0.25) is 5.88 Å². The predicted molar refractivity (Wildman–Crippen MR) is 114 cm³/mol. The van der Waals surface area contributed by atoms with Crippen LogP contribution in [0.25, 0.3) is 5.69 Å². The monoisotopic (exact) mass is 431 g/mol. The zero-order chi connectivity index (χ0) is 22.4. The van der Waals surface area contributed by atoms with Crippen LogP contribution in [0.3, 0.4) is 0 Å². The topological polar surface area (TPSA) is 59.8 Å². The number of hydrogen-bond donors (Lipinski definition) is 1. The second-order valence-corrected chi connectivity index (χ2v) is 7.39. The molecule has 0 aliphatic heterocycles. The van der Waals surface area contributed by atoms with Crippen molar-refractivity contribution < 1.29 is 23.4 Å². The smallest absolute Gasteiger partial charge is 0.227 e. The number of halogens is 2. The van der Waals surface area contributed by atoms with Gasteiger partial charge in [0.15, 0.2) is 0 Å². The summed E-state index contributed by atoms with van der Waals surface area (Å²) in [6.45, 7) is 5.61. The maximum atomic E-state index is 13.4. The first-order valence-electron chi connectivity index (χ1n) is 10.0. The van der Waals surface area contributed by atoms with E-state index in [4.69, 9.17) is 9.47 Å². The minimum Gasteiger partial charge on any atom is -0.439 e. The number of aryl methyl sites for hydroxylation is 1. The van der Waals surface area contributed by atoms with Gasteiger partial charge in [-0.05, 0) is 62.4 Å². The number of nitrogens with zero attached hydrogens (tertiary/aromatic N) is 3. The Labute approximate surface area is 180 Å². The minimum absolute atomic E-state index is 0.350. The van der Waals surface area contributed by atoms with Crippen molar-refractivity contribution in [3.05, 3.63) is 71.4 Å². The van der Waals surface area contributed by atoms with Crippen molar-refractivity contribution in [3.8, 4) is 17.3 Å². The molecule has 0 aliphatic carbocycles. The molecular weight excluding hydrogens is 404 g/mol. The molecular formula is C23H27F2N3O3. The largest absolute Gasteiger partial charge is 0.439 e. The zero-order valence-corrected chi connectivity index (χ0v) is 17.9. The van der Waals surface area contributed by atoms with E-state index >= 15 is 0 Å². The molecule has 1 N–H and O–H groups in total. The van der Waals surface area contributed by atoms with Gasteiger partial charge >= 0.3 is 0 Å². The van der Waals surface area contributed by atoms with Crippen LogP contribution in [0.2, 0.25) is 0 Å². The molecule has 31 heavy (non-hydrogen) atoms. The quantitative estimate of drug-likeness (QED) is 0.524. The Morgan fingerprint density at radius 2 is 1.68 bits per heavy atom. The summed E-state index contributed by atoms with van der Waals surface area (Å²) in [6.07, 6.45) is -0.522. The van der Waals surface area contributed by atoms with Gasteiger partial charge in [0, 0.05) is 26.7 Å². The summed E-state index contributed by atoms with van der Waals surface area (Å²) in [5, 5.41) is 14.5. The molecule has 166 valence electrons. The van der Waals surface area contributed by atoms with Gasteiger partial charge in [-0.3, -0.25) is 4.90 Å². The number of hydrogen-bond acceptors (Lipinski definition) is 5. The highest BCUT2D eigenvalue weighted by Gasteiger charge is 2.22. The SMILES string of the molecule is COCCN(Cc1c(C)nn(-c2ccc(F)cc2)c1Oc1ccc(F)cc1)C[C@@H](C)O. The van der Waals surface area contributed by atoms with Crippen LogP contribution in [-0.2, 0) is 11.3 Å². The average Bonchev–Trinajstić information content (AvgIpc) is 3.03. The lowest BCUT2D eigenvalue weighted by Gasteiger charge is -2.23. The third-order valence-corrected chi connectivity index (χ3v) is 4.75. The van der Waals surface area contributed by atoms with E-state index in [1.807, 2.05) is 11.8 Å². The fourth-order valence-electron chi connectivity index (χ4n) is 3.25. The molecule has 3 aromatic rings. The summed E-state index contributed by atoms with van der Waals surface area (Å²) < 4.78 is 39.7. The van der Waals surface area contributed by atoms with Gasteiger partial charge in [0.05, 0.1) is 29.7 Å². The predicted octanol–water partition coefficient (Wildman–Crippen LogP) is 4.08. The van der Waals surface area contributed by atoms with Gasteiger partial charge in [-0.25, -0.2) is 13.5 Å². The molecule has 0 fully saturated rings. The van der Waals surface area contributed by atoms with Crippen molar-refractivity contribution in [2.75, 3.05) is 26.8 Å². The molecule has 6 nitrogen and oxygen atoms in total. The molecule has 0 amide bonds. The van der Waals surface area contributed by atoms with Crippen LogP contribution in [0.15, 0.2) is 48.5 Å². The zero-order valence-electron chi connectivity index (χ0n) is 17.9. The lowest BCUT2D eigenvalue weighted by molar-refractivity contribution is 0.0934. The molecule has 1 heterocycles. The van der Waals surface area contributed by atoms with Gasteiger partial charge in [-0.2, -0.15) is 5.10 Å². The Balaban J connectivity index is 2.01. The number of aromatic nitrogens is 2. The number of aliphatic hydroxyl groups is 1. The first kappa shape index (κ1) is 22.9. The van der Waals surface area contributed by atoms with Gasteiger partial charge in [-0.1, -0.05) is 0 Å². The van der Waals surface area contributed by atoms with Gasteiger partial charge in [0.1, 0.15) is 17.4 Å². The summed E-state index contributed by atoms with van der Waals surface area (Å²) in [5.41, 5.74) is 2.17. The molecule has 2 aromatic carbocycles. The third-order valence-electron chi connectivity index (χ3n) is 4.75. The van der Waals surface area contributed by atoms with Crippen LogP contribution in [0.1, 0.15) is 18.2 Å². The van der Waals surface area contributed by atoms with Crippen molar-refractivity contribution in [2.45, 2.75) is 26.5 Å². The normalized spacial score (nSPS) is 12.4. The van der Waals surface area contributed by atoms with Crippen molar-refractivity contribution in [2.24, 2.45) is 0 Å². The van der Waals surface area contributed by atoms with Crippen molar-refractivity contribution >= 4 is 0 Å². The second kappa shape index (κ2) is 10.5. The standard InChI is InChI=1S/C23H27F2N3O3/c1-16(29)14-27(12-13-30-3)15-22-17(2)26-28(20-8-4-18(24)5-9-20)23(22)31-21-10-6-19(25)7-11-21/h4-11,16,29H,12-15H2,1-3H3/t16-/m1/s1. The lowest BCUT2D eigenvalue weighted by Crippen LogP contribution is -2.33. The van der Waals surface area contributed by atoms with E-state index < -0.39 is 6.10 Å². The van der Waals surface area contributed by atoms with E-state index in [9.17, 15) is 13.9 Å². The van der Waals surface area contributed by atoms with Crippen LogP contribution >= 0.6 is 0 Å². The number of ether oxygens (including phenoxy) is 2. The molecule has 8 heteroatoms. The summed E-state index contributed by atoms with van der Waals surface area (Å²) in [7, 11) is 1.63. The first-order chi connectivity index (χ1) is 14.9. The number of methoxy groups -OCH3 is 1. The molecule has 1 aromatic heterocycles. The van der Waals surface area contributed by atoms with Crippen molar-refractivity contribution in [1.29, 1.82) is 0 Å². The molecule has 0 spiro atoms. The van der Waals surface area contributed by atoms with E-state index in [0.717, 1.165) is 11.3 Å². The van der Waals surface area contributed by atoms with E-state index in [1.165, 1.54) is 36.4 Å². The Kier molecular flexibility index (Phi) is 7.73. The summed E-state index contributed by atoms with van der Waals surface area (Å²) in [5.74, 6) is 0.184. The van der Waals surface area contributed by atoms with Crippen molar-refractivity contribution in [1.82, 2.24) is 14.7 Å². The summed E-state index contributed by atoms with van der Waals surface area (Å²) in [6, 6.07) is 11.6. The maximum Gasteiger partial charge on any atom is 0.227 e. The molecule has 1 atom stereocenters. The number of aliphatic hydroxyl groups excluding tert-OH is 1. The van der Waals surface area contributed by atoms with Gasteiger partial charge in [0.25, 0.3) is 0 Å². The van der Waals surface area contributed by atoms with Crippen molar-refractivity contribution in [3.63, 3.8) is 0 Å². The summed E-state index contributed by atoms with van der Waals surface area (Å²) >= 11 is 0. The Bertz CT molecular complexity index is 973. The molecule has 3 rings (SSSR count). The highest BCUT2D eigenvalue weighted by molar-refractivity contribution is 5.43. The molecule has 0 saturated carbocycles. The highest BCUT2D eigenvalue weighted by atomic mass is 19.1. The van der Waals surface area contributed by atoms with E-state index in [-0.39, 0.29) is 11.6 Å². The number of rotatable bonds is 10. The van der Waals surface area contributed by atoms with Crippen LogP contribution in [-0.4, -0.2) is 52.7 Å². The van der Waals surface area contributed by atoms with Gasteiger partial charge in [-0.15, -0.1) is 0 Å². The fraction of sp³-hybridized carbons (Fsp3) is 0.348. The Hall–Kier alpha value is -2.81. The van der Waals surface area contributed by atoms with Gasteiger partial charge < -0.3 is 14.6 Å². The van der Waals surface area contributed by atoms with Crippen LogP contribution < -0.4 is 4.74 Å². The molecule has 0 radical (unpaired) electrons. The number of benzene rings is 2. The van der Waals surface area contributed by atoms with Crippen LogP contribution in [0, 0.1) is 18.6 Å². The molecule has 0 bridgehead atoms. The van der Waals surface area contributed by atoms with E-state index in [2.05, 4.69) is 5.10 Å². The maximum absolute atomic E-state index is 13.4. The molecule has 0 saturated heterocycles. The summed E-state index contributed by atoms with van der Waals surface area (Å²) in [4.78, 5) is 2.05. The van der Waals surface area contributed by atoms with E-state index in [0.29, 0.717) is 43.6 Å². The Morgan fingerprint density at radius 3 is 2.26 bits per heavy atom.